The summed E-state index contributed by atoms with van der Waals surface area (Å²) in [6.07, 6.45) is 16.9. The Morgan fingerprint density at radius 2 is 1.69 bits per heavy atom. The van der Waals surface area contributed by atoms with E-state index in [0.29, 0.717) is 73.0 Å². The molecule has 5 saturated heterocycles. The van der Waals surface area contributed by atoms with Crippen LogP contribution in [-0.4, -0.2) is 123 Å². The molecule has 1 aliphatic carbocycles. The topological polar surface area (TPSA) is 154 Å². The summed E-state index contributed by atoms with van der Waals surface area (Å²) in [7, 11) is 1.93. The van der Waals surface area contributed by atoms with Crippen molar-refractivity contribution in [2.24, 2.45) is 18.4 Å². The van der Waals surface area contributed by atoms with Crippen molar-refractivity contribution < 1.29 is 28.2 Å². The number of piperidine rings is 3. The number of phenolic OH excluding ortho intramolecular Hbond substituents is 1. The molecule has 1 saturated carbocycles. The molecule has 3 N–H and O–H groups in total. The van der Waals surface area contributed by atoms with Gasteiger partial charge in [-0.15, -0.1) is 6.42 Å². The van der Waals surface area contributed by atoms with E-state index < -0.39 is 17.6 Å². The van der Waals surface area contributed by atoms with Crippen LogP contribution in [0, 0.1) is 35.3 Å². The van der Waals surface area contributed by atoms with Crippen LogP contribution in [0.25, 0.3) is 43.8 Å². The summed E-state index contributed by atoms with van der Waals surface area (Å²) < 4.78 is 40.6. The van der Waals surface area contributed by atoms with E-state index in [0.717, 1.165) is 107 Å². The number of benzene rings is 3. The zero-order valence-electron chi connectivity index (χ0n) is 39.5. The fourth-order valence-corrected chi connectivity index (χ4v) is 12.4. The van der Waals surface area contributed by atoms with Crippen molar-refractivity contribution in [2.45, 2.75) is 88.1 Å². The third-order valence-electron chi connectivity index (χ3n) is 16.4. The summed E-state index contributed by atoms with van der Waals surface area (Å²) in [6, 6.07) is 12.9. The second-order valence-electron chi connectivity index (χ2n) is 21.1. The largest absolute Gasteiger partial charge is 0.508 e. The van der Waals surface area contributed by atoms with Crippen LogP contribution in [0.15, 0.2) is 48.7 Å². The zero-order valence-corrected chi connectivity index (χ0v) is 39.5. The second-order valence-corrected chi connectivity index (χ2v) is 21.1. The number of aromatic nitrogens is 5. The van der Waals surface area contributed by atoms with E-state index in [2.05, 4.69) is 54.4 Å². The van der Waals surface area contributed by atoms with Crippen molar-refractivity contribution in [3.63, 3.8) is 0 Å². The Bertz CT molecular complexity index is 3100. The van der Waals surface area contributed by atoms with Gasteiger partial charge in [-0.1, -0.05) is 24.1 Å². The van der Waals surface area contributed by atoms with E-state index in [9.17, 15) is 14.7 Å². The fourth-order valence-electron chi connectivity index (χ4n) is 12.4. The number of anilines is 1. The van der Waals surface area contributed by atoms with E-state index >= 15 is 8.78 Å². The predicted molar refractivity (Wildman–Crippen MR) is 263 cm³/mol. The van der Waals surface area contributed by atoms with Crippen LogP contribution < -0.4 is 20.3 Å². The number of ether oxygens (including phenoxy) is 1. The average Bonchev–Trinajstić information content (AvgIpc) is 3.94. The molecule has 5 aliphatic heterocycles. The van der Waals surface area contributed by atoms with Gasteiger partial charge in [-0.25, -0.2) is 8.78 Å². The number of nitrogens with zero attached hydrogens (tertiary/aromatic N) is 8. The van der Waals surface area contributed by atoms with Crippen LogP contribution in [0.2, 0.25) is 0 Å². The molecular weight excluding hydrogens is 891 g/mol. The third-order valence-corrected chi connectivity index (χ3v) is 16.4. The number of halogens is 2. The number of aryl methyl sites for hydroxylation is 1. The number of fused-ring (bicyclic) bond motifs is 5. The standard InChI is InChI=1S/C54H58F2N10O4/c1-3-38-43(55)10-5-34-22-37(67)24-41(46(34)38)49-47(56)50-42(25-57-49)51(66-27-35-6-7-36(28-66)58-35)61-53(60-50)70-30-54(16-17-54)29-65-18-12-31(13-19-65)26-64-20-14-32(15-21-64)33-4-8-39-44(23-33)63(2)62-48(39)40-9-11-45(68)59-52(40)69/h1,4-5,8,10,22-25,31-32,35-36,40,58,67H,6-7,9,11-21,26-30H2,2H3,(H,59,68,69). The number of likely N-dealkylation sites (tertiary alicyclic amines) is 2. The molecule has 6 fully saturated rings. The molecule has 2 bridgehead atoms. The summed E-state index contributed by atoms with van der Waals surface area (Å²) in [5, 5.41) is 23.8. The second kappa shape index (κ2) is 17.8. The maximum Gasteiger partial charge on any atom is 0.319 e. The van der Waals surface area contributed by atoms with E-state index in [-0.39, 0.29) is 56.7 Å². The minimum atomic E-state index is -0.720. The van der Waals surface area contributed by atoms with Crippen LogP contribution in [0.4, 0.5) is 14.6 Å². The molecule has 16 heteroatoms. The van der Waals surface area contributed by atoms with Gasteiger partial charge in [0.1, 0.15) is 28.6 Å². The first-order chi connectivity index (χ1) is 34.0. The monoisotopic (exact) mass is 948 g/mol. The fraction of sp³-hybridized carbons (Fsp3) is 0.481. The molecule has 362 valence electrons. The van der Waals surface area contributed by atoms with Crippen molar-refractivity contribution in [1.82, 2.24) is 45.2 Å². The lowest BCUT2D eigenvalue weighted by molar-refractivity contribution is -0.134. The number of hydrogen-bond acceptors (Lipinski definition) is 12. The molecule has 3 aromatic carbocycles. The zero-order chi connectivity index (χ0) is 47.8. The van der Waals surface area contributed by atoms with Crippen LogP contribution in [0.3, 0.4) is 0 Å². The number of pyridine rings is 1. The molecule has 6 aromatic rings. The van der Waals surface area contributed by atoms with Gasteiger partial charge in [0.05, 0.1) is 34.7 Å². The quantitative estimate of drug-likeness (QED) is 0.0915. The third kappa shape index (κ3) is 8.39. The minimum Gasteiger partial charge on any atom is -0.508 e. The highest BCUT2D eigenvalue weighted by atomic mass is 19.1. The Labute approximate surface area is 405 Å². The molecule has 2 amide bonds. The van der Waals surface area contributed by atoms with Gasteiger partial charge >= 0.3 is 6.01 Å². The molecule has 0 radical (unpaired) electrons. The summed E-state index contributed by atoms with van der Waals surface area (Å²) in [6.45, 7) is 8.16. The number of terminal acetylenes is 1. The summed E-state index contributed by atoms with van der Waals surface area (Å²) in [5.74, 6) is 1.80. The maximum absolute atomic E-state index is 17.1. The molecule has 12 rings (SSSR count). The van der Waals surface area contributed by atoms with Gasteiger partial charge in [-0.3, -0.25) is 24.6 Å². The van der Waals surface area contributed by atoms with Gasteiger partial charge in [-0.05, 0) is 131 Å². The first kappa shape index (κ1) is 44.9. The van der Waals surface area contributed by atoms with Crippen molar-refractivity contribution >= 4 is 50.2 Å². The van der Waals surface area contributed by atoms with Gasteiger partial charge < -0.3 is 29.9 Å². The molecule has 14 nitrogen and oxygen atoms in total. The highest BCUT2D eigenvalue weighted by molar-refractivity contribution is 6.04. The van der Waals surface area contributed by atoms with Gasteiger partial charge in [0.2, 0.25) is 11.8 Å². The first-order valence-corrected chi connectivity index (χ1v) is 25.2. The van der Waals surface area contributed by atoms with E-state index in [4.69, 9.17) is 26.2 Å². The van der Waals surface area contributed by atoms with Crippen LogP contribution in [0.5, 0.6) is 11.8 Å². The Hall–Kier alpha value is -6.28. The highest BCUT2D eigenvalue weighted by Crippen LogP contribution is 2.47. The molecule has 8 heterocycles. The predicted octanol–water partition coefficient (Wildman–Crippen LogP) is 6.91. The summed E-state index contributed by atoms with van der Waals surface area (Å²) in [5.41, 5.74) is 3.19. The lowest BCUT2D eigenvalue weighted by atomic mass is 9.87. The van der Waals surface area contributed by atoms with Crippen LogP contribution in [-0.2, 0) is 16.6 Å². The molecule has 6 aliphatic rings. The molecule has 70 heavy (non-hydrogen) atoms. The number of nitrogens with one attached hydrogen (secondary N) is 2. The number of carbonyl (C=O) groups is 2. The van der Waals surface area contributed by atoms with Crippen molar-refractivity contribution in [3.05, 3.63) is 77.1 Å². The summed E-state index contributed by atoms with van der Waals surface area (Å²) in [4.78, 5) is 46.1. The van der Waals surface area contributed by atoms with E-state index in [1.807, 2.05) is 11.7 Å². The van der Waals surface area contributed by atoms with Crippen molar-refractivity contribution in [1.29, 1.82) is 0 Å². The van der Waals surface area contributed by atoms with Gasteiger partial charge in [0.25, 0.3) is 0 Å². The Balaban J connectivity index is 0.693. The van der Waals surface area contributed by atoms with Gasteiger partial charge in [-0.2, -0.15) is 15.1 Å². The first-order valence-electron chi connectivity index (χ1n) is 25.2. The molecule has 0 spiro atoms. The van der Waals surface area contributed by atoms with Crippen molar-refractivity contribution in [3.8, 4) is 35.4 Å². The highest BCUT2D eigenvalue weighted by Gasteiger charge is 2.46. The number of hydrogen-bond donors (Lipinski definition) is 3. The number of imide groups is 1. The normalized spacial score (nSPS) is 23.3. The summed E-state index contributed by atoms with van der Waals surface area (Å²) >= 11 is 0. The Kier molecular flexibility index (Phi) is 11.4. The Morgan fingerprint density at radius 1 is 0.914 bits per heavy atom. The lowest BCUT2D eigenvalue weighted by Gasteiger charge is -2.38. The number of rotatable bonds is 11. The number of amides is 2. The van der Waals surface area contributed by atoms with Crippen molar-refractivity contribution in [2.75, 3.05) is 63.9 Å². The molecule has 3 unspecified atom stereocenters. The van der Waals surface area contributed by atoms with E-state index in [1.54, 1.807) is 6.20 Å². The average molecular weight is 949 g/mol. The van der Waals surface area contributed by atoms with E-state index in [1.165, 1.54) is 29.8 Å². The smallest absolute Gasteiger partial charge is 0.319 e. The molecule has 3 atom stereocenters. The number of carbonyl (C=O) groups excluding carboxylic acids is 2. The van der Waals surface area contributed by atoms with Crippen LogP contribution in [0.1, 0.15) is 92.9 Å². The molecular formula is C54H58F2N10O4. The number of piperazine rings is 1. The SMILES string of the molecule is C#Cc1c(F)ccc2cc(O)cc(-c3ncc4c(N5CC6CCC(C5)N6)nc(OCC5(CN6CCC(CN7CCC(c8ccc9c(C%10CCC(=O)NC%10=O)nn(C)c9c8)CC7)CC6)CC5)nc4c3F)c12. The maximum atomic E-state index is 17.1. The van der Waals surface area contributed by atoms with Gasteiger partial charge in [0.15, 0.2) is 5.82 Å². The van der Waals surface area contributed by atoms with Crippen LogP contribution >= 0.6 is 0 Å². The number of aromatic hydroxyl groups is 1. The lowest BCUT2D eigenvalue weighted by Crippen LogP contribution is -2.51. The minimum absolute atomic E-state index is 0.0233. The Morgan fingerprint density at radius 3 is 2.43 bits per heavy atom. The number of phenols is 1. The van der Waals surface area contributed by atoms with Gasteiger partial charge in [0, 0.05) is 79.7 Å². The molecule has 3 aromatic heterocycles.